The van der Waals surface area contributed by atoms with Crippen molar-refractivity contribution in [1.29, 1.82) is 0 Å². The lowest BCUT2D eigenvalue weighted by atomic mass is 10.2. The van der Waals surface area contributed by atoms with Crippen molar-refractivity contribution in [2.75, 3.05) is 31.1 Å². The van der Waals surface area contributed by atoms with Crippen LogP contribution in [-0.4, -0.2) is 47.0 Å². The molecule has 0 unspecified atom stereocenters. The Balaban J connectivity index is 1.64. The number of amides is 1. The van der Waals surface area contributed by atoms with Gasteiger partial charge in [-0.2, -0.15) is 0 Å². The molecule has 0 atom stereocenters. The molecule has 0 bridgehead atoms. The second-order valence-corrected chi connectivity index (χ2v) is 5.54. The van der Waals surface area contributed by atoms with Crippen LogP contribution < -0.4 is 4.90 Å². The van der Waals surface area contributed by atoms with Crippen LogP contribution in [0.3, 0.4) is 0 Å². The van der Waals surface area contributed by atoms with Crippen LogP contribution in [0, 0.1) is 19.8 Å². The van der Waals surface area contributed by atoms with Crippen molar-refractivity contribution >= 4 is 11.9 Å². The average Bonchev–Trinajstić information content (AvgIpc) is 3.21. The SMILES string of the molecule is Cc1cc(C)nc(N2CCN(C(=O)C3CC3)CC2)n1. The van der Waals surface area contributed by atoms with Crippen molar-refractivity contribution in [1.82, 2.24) is 14.9 Å². The molecule has 3 rings (SSSR count). The molecule has 0 N–H and O–H groups in total. The van der Waals surface area contributed by atoms with Gasteiger partial charge in [0.1, 0.15) is 0 Å². The number of aryl methyl sites for hydroxylation is 2. The standard InChI is InChI=1S/C14H20N4O/c1-10-9-11(2)16-14(15-10)18-7-5-17(6-8-18)13(19)12-3-4-12/h9,12H,3-8H2,1-2H3. The van der Waals surface area contributed by atoms with Crippen molar-refractivity contribution in [3.63, 3.8) is 0 Å². The number of anilines is 1. The highest BCUT2D eigenvalue weighted by atomic mass is 16.2. The summed E-state index contributed by atoms with van der Waals surface area (Å²) in [7, 11) is 0. The third kappa shape index (κ3) is 2.69. The van der Waals surface area contributed by atoms with Gasteiger partial charge in [0, 0.05) is 43.5 Å². The molecule has 0 radical (unpaired) electrons. The van der Waals surface area contributed by atoms with Gasteiger partial charge in [-0.3, -0.25) is 4.79 Å². The van der Waals surface area contributed by atoms with Crippen molar-refractivity contribution < 1.29 is 4.79 Å². The predicted molar refractivity (Wildman–Crippen MR) is 73.0 cm³/mol. The Labute approximate surface area is 113 Å². The quantitative estimate of drug-likeness (QED) is 0.800. The zero-order valence-corrected chi connectivity index (χ0v) is 11.6. The molecule has 1 aromatic heterocycles. The second kappa shape index (κ2) is 4.79. The number of hydrogen-bond acceptors (Lipinski definition) is 4. The summed E-state index contributed by atoms with van der Waals surface area (Å²) in [6.07, 6.45) is 2.17. The minimum atomic E-state index is 0.323. The Hall–Kier alpha value is -1.65. The third-order valence-corrected chi connectivity index (χ3v) is 3.77. The molecular formula is C14H20N4O. The van der Waals surface area contributed by atoms with Gasteiger partial charge in [-0.05, 0) is 32.8 Å². The lowest BCUT2D eigenvalue weighted by Crippen LogP contribution is -2.49. The van der Waals surface area contributed by atoms with Crippen molar-refractivity contribution in [2.24, 2.45) is 5.92 Å². The number of hydrogen-bond donors (Lipinski definition) is 0. The molecule has 1 saturated carbocycles. The highest BCUT2D eigenvalue weighted by Crippen LogP contribution is 2.31. The third-order valence-electron chi connectivity index (χ3n) is 3.77. The van der Waals surface area contributed by atoms with Crippen LogP contribution >= 0.6 is 0 Å². The minimum absolute atomic E-state index is 0.323. The van der Waals surface area contributed by atoms with E-state index >= 15 is 0 Å². The first-order valence-corrected chi connectivity index (χ1v) is 6.99. The van der Waals surface area contributed by atoms with Crippen LogP contribution in [0.4, 0.5) is 5.95 Å². The van der Waals surface area contributed by atoms with Crippen LogP contribution in [0.25, 0.3) is 0 Å². The van der Waals surface area contributed by atoms with E-state index in [9.17, 15) is 4.79 Å². The number of rotatable bonds is 2. The Morgan fingerprint density at radius 3 is 2.21 bits per heavy atom. The topological polar surface area (TPSA) is 49.3 Å². The van der Waals surface area contributed by atoms with Crippen LogP contribution in [0.2, 0.25) is 0 Å². The summed E-state index contributed by atoms with van der Waals surface area (Å²) in [6.45, 7) is 7.25. The number of piperazine rings is 1. The summed E-state index contributed by atoms with van der Waals surface area (Å²) in [5.41, 5.74) is 2.00. The average molecular weight is 260 g/mol. The molecule has 102 valence electrons. The second-order valence-electron chi connectivity index (χ2n) is 5.54. The molecule has 1 aromatic rings. The van der Waals surface area contributed by atoms with Gasteiger partial charge in [0.2, 0.25) is 11.9 Å². The molecular weight excluding hydrogens is 240 g/mol. The molecule has 5 nitrogen and oxygen atoms in total. The van der Waals surface area contributed by atoms with Crippen molar-refractivity contribution in [2.45, 2.75) is 26.7 Å². The molecule has 1 aliphatic heterocycles. The fourth-order valence-electron chi connectivity index (χ4n) is 2.56. The minimum Gasteiger partial charge on any atom is -0.339 e. The largest absolute Gasteiger partial charge is 0.339 e. The van der Waals surface area contributed by atoms with E-state index in [1.54, 1.807) is 0 Å². The van der Waals surface area contributed by atoms with E-state index in [1.165, 1.54) is 0 Å². The molecule has 5 heteroatoms. The van der Waals surface area contributed by atoms with Gasteiger partial charge in [0.25, 0.3) is 0 Å². The van der Waals surface area contributed by atoms with E-state index in [1.807, 2.05) is 24.8 Å². The summed E-state index contributed by atoms with van der Waals surface area (Å²) in [6, 6.07) is 1.98. The number of carbonyl (C=O) groups is 1. The Kier molecular flexibility index (Phi) is 3.12. The van der Waals surface area contributed by atoms with Gasteiger partial charge in [-0.15, -0.1) is 0 Å². The first-order valence-electron chi connectivity index (χ1n) is 6.99. The summed E-state index contributed by atoms with van der Waals surface area (Å²) in [5, 5.41) is 0. The number of carbonyl (C=O) groups excluding carboxylic acids is 1. The molecule has 2 heterocycles. The van der Waals surface area contributed by atoms with Gasteiger partial charge in [-0.25, -0.2) is 9.97 Å². The van der Waals surface area contributed by atoms with Gasteiger partial charge in [0.05, 0.1) is 0 Å². The Bertz CT molecular complexity index is 470. The lowest BCUT2D eigenvalue weighted by molar-refractivity contribution is -0.132. The van der Waals surface area contributed by atoms with Crippen LogP contribution in [0.15, 0.2) is 6.07 Å². The molecule has 2 aliphatic rings. The maximum atomic E-state index is 12.0. The lowest BCUT2D eigenvalue weighted by Gasteiger charge is -2.35. The van der Waals surface area contributed by atoms with E-state index < -0.39 is 0 Å². The van der Waals surface area contributed by atoms with Crippen LogP contribution in [-0.2, 0) is 4.79 Å². The molecule has 2 fully saturated rings. The molecule has 19 heavy (non-hydrogen) atoms. The van der Waals surface area contributed by atoms with Gasteiger partial charge >= 0.3 is 0 Å². The van der Waals surface area contributed by atoms with Crippen molar-refractivity contribution in [3.05, 3.63) is 17.5 Å². The highest BCUT2D eigenvalue weighted by Gasteiger charge is 2.34. The zero-order valence-electron chi connectivity index (χ0n) is 11.6. The highest BCUT2D eigenvalue weighted by molar-refractivity contribution is 5.81. The summed E-state index contributed by atoms with van der Waals surface area (Å²) in [5.74, 6) is 1.47. The summed E-state index contributed by atoms with van der Waals surface area (Å²) >= 11 is 0. The van der Waals surface area contributed by atoms with E-state index in [2.05, 4.69) is 14.9 Å². The summed E-state index contributed by atoms with van der Waals surface area (Å²) in [4.78, 5) is 25.1. The fraction of sp³-hybridized carbons (Fsp3) is 0.643. The molecule has 1 saturated heterocycles. The fourth-order valence-corrected chi connectivity index (χ4v) is 2.56. The number of aromatic nitrogens is 2. The first kappa shape index (κ1) is 12.4. The van der Waals surface area contributed by atoms with Gasteiger partial charge in [-0.1, -0.05) is 0 Å². The van der Waals surface area contributed by atoms with Gasteiger partial charge in [0.15, 0.2) is 0 Å². The van der Waals surface area contributed by atoms with E-state index in [0.29, 0.717) is 11.8 Å². The summed E-state index contributed by atoms with van der Waals surface area (Å²) < 4.78 is 0. The number of nitrogens with zero attached hydrogens (tertiary/aromatic N) is 4. The Morgan fingerprint density at radius 2 is 1.68 bits per heavy atom. The predicted octanol–water partition coefficient (Wildman–Crippen LogP) is 1.15. The molecule has 1 amide bonds. The molecule has 0 spiro atoms. The van der Waals surface area contributed by atoms with Gasteiger partial charge < -0.3 is 9.80 Å². The first-order chi connectivity index (χ1) is 9.13. The smallest absolute Gasteiger partial charge is 0.225 e. The molecule has 1 aliphatic carbocycles. The van der Waals surface area contributed by atoms with Crippen molar-refractivity contribution in [3.8, 4) is 0 Å². The van der Waals surface area contributed by atoms with E-state index in [0.717, 1.165) is 56.4 Å². The maximum Gasteiger partial charge on any atom is 0.225 e. The van der Waals surface area contributed by atoms with Crippen LogP contribution in [0.5, 0.6) is 0 Å². The zero-order chi connectivity index (χ0) is 13.4. The Morgan fingerprint density at radius 1 is 1.11 bits per heavy atom. The molecule has 0 aromatic carbocycles. The normalized spacial score (nSPS) is 19.7. The van der Waals surface area contributed by atoms with E-state index in [4.69, 9.17) is 0 Å². The van der Waals surface area contributed by atoms with Crippen LogP contribution in [0.1, 0.15) is 24.2 Å². The van der Waals surface area contributed by atoms with E-state index in [-0.39, 0.29) is 0 Å². The maximum absolute atomic E-state index is 12.0. The monoisotopic (exact) mass is 260 g/mol.